The van der Waals surface area contributed by atoms with Crippen LogP contribution in [-0.2, 0) is 6.42 Å². The van der Waals surface area contributed by atoms with E-state index in [1.165, 1.54) is 24.8 Å². The summed E-state index contributed by atoms with van der Waals surface area (Å²) in [6.07, 6.45) is 3.62. The molecule has 0 unspecified atom stereocenters. The third kappa shape index (κ3) is 1.79. The standard InChI is InChI=1S/C16H21IO/c1-15(2)13-10-11-6-4-5-7-12(11)18-16(13,3)9-8-14(15)17/h4-7,13-14H,8-10H2,1-3H3/t13-,14-,16-/m0/s1. The average molecular weight is 356 g/mol. The van der Waals surface area contributed by atoms with Gasteiger partial charge in [-0.1, -0.05) is 54.6 Å². The lowest BCUT2D eigenvalue weighted by Crippen LogP contribution is -2.57. The maximum atomic E-state index is 6.40. The Bertz CT molecular complexity index is 468. The zero-order valence-electron chi connectivity index (χ0n) is 11.4. The first kappa shape index (κ1) is 12.8. The molecule has 1 nitrogen and oxygen atoms in total. The molecule has 3 atom stereocenters. The molecule has 1 aromatic carbocycles. The summed E-state index contributed by atoms with van der Waals surface area (Å²) in [5.74, 6) is 1.73. The molecule has 1 aliphatic heterocycles. The summed E-state index contributed by atoms with van der Waals surface area (Å²) in [5, 5.41) is 0. The SMILES string of the molecule is CC1(C)[C@@H](I)CC[C@]2(C)Oc3ccccc3C[C@@H]12. The molecule has 0 amide bonds. The van der Waals surface area contributed by atoms with E-state index in [1.54, 1.807) is 0 Å². The summed E-state index contributed by atoms with van der Waals surface area (Å²) in [6.45, 7) is 7.16. The fourth-order valence-corrected chi connectivity index (χ4v) is 4.55. The van der Waals surface area contributed by atoms with Gasteiger partial charge in [0.2, 0.25) is 0 Å². The lowest BCUT2D eigenvalue weighted by molar-refractivity contribution is -0.0758. The lowest BCUT2D eigenvalue weighted by Gasteiger charge is -2.55. The van der Waals surface area contributed by atoms with Crippen molar-refractivity contribution in [3.63, 3.8) is 0 Å². The van der Waals surface area contributed by atoms with Crippen molar-refractivity contribution in [2.75, 3.05) is 0 Å². The Morgan fingerprint density at radius 2 is 1.94 bits per heavy atom. The van der Waals surface area contributed by atoms with Crippen molar-refractivity contribution >= 4 is 22.6 Å². The van der Waals surface area contributed by atoms with E-state index in [0.717, 1.165) is 9.67 Å². The van der Waals surface area contributed by atoms with Gasteiger partial charge in [0.15, 0.2) is 0 Å². The molecule has 0 saturated heterocycles. The number of hydrogen-bond donors (Lipinski definition) is 0. The molecule has 98 valence electrons. The van der Waals surface area contributed by atoms with Crippen LogP contribution in [0.25, 0.3) is 0 Å². The normalized spacial score (nSPS) is 37.3. The van der Waals surface area contributed by atoms with Gasteiger partial charge in [-0.15, -0.1) is 0 Å². The molecule has 3 rings (SSSR count). The summed E-state index contributed by atoms with van der Waals surface area (Å²) >= 11 is 2.64. The van der Waals surface area contributed by atoms with Crippen LogP contribution in [-0.4, -0.2) is 9.53 Å². The number of hydrogen-bond acceptors (Lipinski definition) is 1. The van der Waals surface area contributed by atoms with Crippen molar-refractivity contribution < 1.29 is 4.74 Å². The van der Waals surface area contributed by atoms with Crippen molar-refractivity contribution in [1.29, 1.82) is 0 Å². The number of fused-ring (bicyclic) bond motifs is 2. The zero-order valence-corrected chi connectivity index (χ0v) is 13.5. The molecule has 1 saturated carbocycles. The van der Waals surface area contributed by atoms with Crippen LogP contribution in [0, 0.1) is 11.3 Å². The fourth-order valence-electron chi connectivity index (χ4n) is 3.81. The van der Waals surface area contributed by atoms with E-state index in [9.17, 15) is 0 Å². The van der Waals surface area contributed by atoms with Gasteiger partial charge in [0.25, 0.3) is 0 Å². The molecule has 0 bridgehead atoms. The monoisotopic (exact) mass is 356 g/mol. The van der Waals surface area contributed by atoms with Crippen LogP contribution in [0.4, 0.5) is 0 Å². The van der Waals surface area contributed by atoms with Crippen molar-refractivity contribution in [2.24, 2.45) is 11.3 Å². The number of ether oxygens (including phenoxy) is 1. The summed E-state index contributed by atoms with van der Waals surface area (Å²) in [7, 11) is 0. The van der Waals surface area contributed by atoms with E-state index in [2.05, 4.69) is 67.6 Å². The van der Waals surface area contributed by atoms with E-state index in [-0.39, 0.29) is 5.60 Å². The van der Waals surface area contributed by atoms with Crippen molar-refractivity contribution in [3.05, 3.63) is 29.8 Å². The Labute approximate surface area is 123 Å². The highest BCUT2D eigenvalue weighted by molar-refractivity contribution is 14.1. The third-order valence-corrected chi connectivity index (χ3v) is 7.30. The van der Waals surface area contributed by atoms with E-state index >= 15 is 0 Å². The smallest absolute Gasteiger partial charge is 0.123 e. The Morgan fingerprint density at radius 3 is 2.72 bits per heavy atom. The fraction of sp³-hybridized carbons (Fsp3) is 0.625. The van der Waals surface area contributed by atoms with Gasteiger partial charge in [0.1, 0.15) is 11.4 Å². The number of rotatable bonds is 0. The molecule has 1 aliphatic carbocycles. The second-order valence-corrected chi connectivity index (χ2v) is 8.11. The summed E-state index contributed by atoms with van der Waals surface area (Å²) < 4.78 is 7.16. The highest BCUT2D eigenvalue weighted by Gasteiger charge is 2.53. The molecule has 0 aromatic heterocycles. The van der Waals surface area contributed by atoms with Gasteiger partial charge in [0, 0.05) is 9.84 Å². The van der Waals surface area contributed by atoms with E-state index in [0.29, 0.717) is 11.3 Å². The molecule has 0 radical (unpaired) electrons. The number of para-hydroxylation sites is 1. The van der Waals surface area contributed by atoms with E-state index in [1.807, 2.05) is 0 Å². The predicted octanol–water partition coefficient (Wildman–Crippen LogP) is 4.62. The van der Waals surface area contributed by atoms with Crippen LogP contribution in [0.3, 0.4) is 0 Å². The molecule has 2 heteroatoms. The van der Waals surface area contributed by atoms with Crippen LogP contribution in [0.5, 0.6) is 5.75 Å². The van der Waals surface area contributed by atoms with Crippen LogP contribution in [0.1, 0.15) is 39.2 Å². The highest BCUT2D eigenvalue weighted by Crippen LogP contribution is 2.54. The molecule has 1 fully saturated rings. The Kier molecular flexibility index (Phi) is 2.92. The minimum absolute atomic E-state index is 0.0273. The molecule has 1 aromatic rings. The number of halogens is 1. The van der Waals surface area contributed by atoms with Crippen molar-refractivity contribution in [3.8, 4) is 5.75 Å². The molecule has 1 heterocycles. The molecular weight excluding hydrogens is 335 g/mol. The van der Waals surface area contributed by atoms with Crippen LogP contribution in [0.2, 0.25) is 0 Å². The third-order valence-electron chi connectivity index (χ3n) is 5.08. The average Bonchev–Trinajstić information content (AvgIpc) is 2.33. The lowest BCUT2D eigenvalue weighted by atomic mass is 9.59. The first-order valence-electron chi connectivity index (χ1n) is 6.84. The molecule has 0 N–H and O–H groups in total. The Balaban J connectivity index is 2.04. The van der Waals surface area contributed by atoms with Crippen molar-refractivity contribution in [1.82, 2.24) is 0 Å². The second-order valence-electron chi connectivity index (χ2n) is 6.61. The quantitative estimate of drug-likeness (QED) is 0.487. The highest BCUT2D eigenvalue weighted by atomic mass is 127. The largest absolute Gasteiger partial charge is 0.487 e. The van der Waals surface area contributed by atoms with E-state index < -0.39 is 0 Å². The molecule has 0 spiro atoms. The van der Waals surface area contributed by atoms with E-state index in [4.69, 9.17) is 4.74 Å². The molecule has 2 aliphatic rings. The van der Waals surface area contributed by atoms with Crippen molar-refractivity contribution in [2.45, 2.75) is 49.6 Å². The van der Waals surface area contributed by atoms with Crippen LogP contribution in [0.15, 0.2) is 24.3 Å². The first-order valence-corrected chi connectivity index (χ1v) is 8.09. The van der Waals surface area contributed by atoms with Gasteiger partial charge in [-0.25, -0.2) is 0 Å². The van der Waals surface area contributed by atoms with Crippen LogP contribution >= 0.6 is 22.6 Å². The maximum absolute atomic E-state index is 6.40. The zero-order chi connectivity index (χ0) is 13.0. The first-order chi connectivity index (χ1) is 8.43. The molecule has 18 heavy (non-hydrogen) atoms. The predicted molar refractivity (Wildman–Crippen MR) is 83.5 cm³/mol. The number of alkyl halides is 1. The maximum Gasteiger partial charge on any atom is 0.123 e. The number of benzene rings is 1. The summed E-state index contributed by atoms with van der Waals surface area (Å²) in [5.41, 5.74) is 1.76. The van der Waals surface area contributed by atoms with Gasteiger partial charge >= 0.3 is 0 Å². The minimum atomic E-state index is 0.0273. The summed E-state index contributed by atoms with van der Waals surface area (Å²) in [6, 6.07) is 8.56. The second kappa shape index (κ2) is 4.12. The van der Waals surface area contributed by atoms with Gasteiger partial charge in [-0.05, 0) is 43.2 Å². The topological polar surface area (TPSA) is 9.23 Å². The minimum Gasteiger partial charge on any atom is -0.487 e. The van der Waals surface area contributed by atoms with Gasteiger partial charge in [-0.3, -0.25) is 0 Å². The van der Waals surface area contributed by atoms with Crippen LogP contribution < -0.4 is 4.74 Å². The van der Waals surface area contributed by atoms with Gasteiger partial charge in [-0.2, -0.15) is 0 Å². The Morgan fingerprint density at radius 1 is 1.22 bits per heavy atom. The Hall–Kier alpha value is -0.250. The molecular formula is C16H21IO. The summed E-state index contributed by atoms with van der Waals surface area (Å²) in [4.78, 5) is 0. The van der Waals surface area contributed by atoms with Gasteiger partial charge in [0.05, 0.1) is 0 Å². The van der Waals surface area contributed by atoms with Gasteiger partial charge < -0.3 is 4.74 Å².